The van der Waals surface area contributed by atoms with Crippen LogP contribution in [0, 0.1) is 0 Å². The van der Waals surface area contributed by atoms with Crippen molar-refractivity contribution in [3.63, 3.8) is 0 Å². The van der Waals surface area contributed by atoms with Crippen LogP contribution in [0.15, 0.2) is 11.3 Å². The van der Waals surface area contributed by atoms with E-state index in [1.54, 1.807) is 11.8 Å². The third kappa shape index (κ3) is 2.70. The van der Waals surface area contributed by atoms with Crippen LogP contribution in [0.3, 0.4) is 0 Å². The Morgan fingerprint density at radius 1 is 1.67 bits per heavy atom. The second-order valence-corrected chi connectivity index (χ2v) is 3.19. The maximum absolute atomic E-state index is 11.5. The first-order valence-corrected chi connectivity index (χ1v) is 4.33. The maximum atomic E-state index is 11.5. The average molecular weight is 210 g/mol. The van der Waals surface area contributed by atoms with Gasteiger partial charge in [-0.05, 0) is 6.92 Å². The Kier molecular flexibility index (Phi) is 3.27. The van der Waals surface area contributed by atoms with E-state index in [9.17, 15) is 4.79 Å². The number of carbonyl (C=O) groups excluding carboxylic acids is 1. The summed E-state index contributed by atoms with van der Waals surface area (Å²) in [4.78, 5) is 13.3. The quantitative estimate of drug-likeness (QED) is 0.352. The largest absolute Gasteiger partial charge is 0.383 e. The molecule has 0 bridgehead atoms. The molecule has 0 aromatic carbocycles. The number of amidine groups is 1. The lowest BCUT2D eigenvalue weighted by atomic mass is 10.3. The van der Waals surface area contributed by atoms with Gasteiger partial charge in [-0.15, -0.1) is 0 Å². The van der Waals surface area contributed by atoms with E-state index in [2.05, 4.69) is 20.7 Å². The topological polar surface area (TPSA) is 99.4 Å². The van der Waals surface area contributed by atoms with Crippen molar-refractivity contribution in [2.45, 2.75) is 6.92 Å². The second-order valence-electron chi connectivity index (χ2n) is 3.19. The van der Waals surface area contributed by atoms with Crippen LogP contribution in [-0.4, -0.2) is 40.9 Å². The fourth-order valence-electron chi connectivity index (χ4n) is 0.769. The number of amides is 1. The molecule has 0 spiro atoms. The molecule has 1 amide bonds. The lowest BCUT2D eigenvalue weighted by molar-refractivity contribution is 0.0955. The van der Waals surface area contributed by atoms with E-state index in [0.29, 0.717) is 5.84 Å². The van der Waals surface area contributed by atoms with E-state index < -0.39 is 0 Å². The molecule has 0 aliphatic rings. The van der Waals surface area contributed by atoms with Crippen molar-refractivity contribution in [3.8, 4) is 0 Å². The Morgan fingerprint density at radius 2 is 2.33 bits per heavy atom. The zero-order valence-electron chi connectivity index (χ0n) is 8.90. The molecular formula is C8H14N6O. The van der Waals surface area contributed by atoms with Crippen LogP contribution in [-0.2, 0) is 0 Å². The lowest BCUT2D eigenvalue weighted by Crippen LogP contribution is -2.25. The summed E-state index contributed by atoms with van der Waals surface area (Å²) in [6, 6.07) is 0. The van der Waals surface area contributed by atoms with Crippen LogP contribution < -0.4 is 11.2 Å². The van der Waals surface area contributed by atoms with E-state index in [-0.39, 0.29) is 17.3 Å². The number of carbonyl (C=O) groups is 1. The molecule has 1 heterocycles. The fraction of sp³-hybridized carbons (Fsp3) is 0.375. The van der Waals surface area contributed by atoms with Crippen LogP contribution in [0.2, 0.25) is 0 Å². The number of nitrogen functional groups attached to an aromatic ring is 1. The minimum atomic E-state index is -0.387. The summed E-state index contributed by atoms with van der Waals surface area (Å²) in [6.07, 6.45) is 1.35. The molecule has 0 unspecified atom stereocenters. The number of rotatable bonds is 2. The highest BCUT2D eigenvalue weighted by molar-refractivity contribution is 5.98. The van der Waals surface area contributed by atoms with Gasteiger partial charge in [-0.1, -0.05) is 0 Å². The Balaban J connectivity index is 2.66. The molecular weight excluding hydrogens is 196 g/mol. The van der Waals surface area contributed by atoms with Crippen molar-refractivity contribution in [3.05, 3.63) is 11.8 Å². The fourth-order valence-corrected chi connectivity index (χ4v) is 0.769. The first-order valence-electron chi connectivity index (χ1n) is 4.33. The molecule has 1 aromatic heterocycles. The minimum Gasteiger partial charge on any atom is -0.383 e. The highest BCUT2D eigenvalue weighted by Crippen LogP contribution is 2.04. The molecule has 4 N–H and O–H groups in total. The van der Waals surface area contributed by atoms with E-state index in [1.807, 2.05) is 14.1 Å². The SMILES string of the molecule is C/C(=N\NC(=O)c1cn[nH]c1N)N(C)C. The van der Waals surface area contributed by atoms with Crippen molar-refractivity contribution in [2.24, 2.45) is 5.10 Å². The number of nitrogens with two attached hydrogens (primary N) is 1. The van der Waals surface area contributed by atoms with Crippen LogP contribution in [0.5, 0.6) is 0 Å². The summed E-state index contributed by atoms with van der Waals surface area (Å²) in [5.41, 5.74) is 8.13. The number of hydrazone groups is 1. The van der Waals surface area contributed by atoms with Gasteiger partial charge in [0.1, 0.15) is 17.2 Å². The number of H-pyrrole nitrogens is 1. The Morgan fingerprint density at radius 3 is 2.80 bits per heavy atom. The summed E-state index contributed by atoms with van der Waals surface area (Å²) in [6.45, 7) is 1.78. The Hall–Kier alpha value is -2.05. The predicted octanol–water partition coefficient (Wildman–Crippen LogP) is -0.383. The van der Waals surface area contributed by atoms with Crippen molar-refractivity contribution >= 4 is 17.6 Å². The number of anilines is 1. The van der Waals surface area contributed by atoms with Gasteiger partial charge in [-0.2, -0.15) is 10.2 Å². The molecule has 0 aliphatic carbocycles. The number of aromatic nitrogens is 2. The third-order valence-corrected chi connectivity index (χ3v) is 1.88. The summed E-state index contributed by atoms with van der Waals surface area (Å²) in [5.74, 6) is 0.526. The van der Waals surface area contributed by atoms with Gasteiger partial charge in [-0.3, -0.25) is 9.89 Å². The predicted molar refractivity (Wildman–Crippen MR) is 57.3 cm³/mol. The van der Waals surface area contributed by atoms with Gasteiger partial charge in [0.05, 0.1) is 6.20 Å². The Labute approximate surface area is 87.3 Å². The number of nitrogens with zero attached hydrogens (tertiary/aromatic N) is 3. The number of hydrogen-bond acceptors (Lipinski definition) is 4. The maximum Gasteiger partial charge on any atom is 0.276 e. The Bertz CT molecular complexity index is 380. The highest BCUT2D eigenvalue weighted by atomic mass is 16.2. The van der Waals surface area contributed by atoms with Gasteiger partial charge in [0.25, 0.3) is 5.91 Å². The first-order chi connectivity index (χ1) is 7.02. The molecule has 0 saturated heterocycles. The molecule has 1 rings (SSSR count). The van der Waals surface area contributed by atoms with Crippen LogP contribution in [0.25, 0.3) is 0 Å². The molecule has 82 valence electrons. The summed E-state index contributed by atoms with van der Waals surface area (Å²) in [5, 5.41) is 9.97. The monoisotopic (exact) mass is 210 g/mol. The molecule has 15 heavy (non-hydrogen) atoms. The van der Waals surface area contributed by atoms with Crippen molar-refractivity contribution in [1.29, 1.82) is 0 Å². The molecule has 1 aromatic rings. The van der Waals surface area contributed by atoms with E-state index >= 15 is 0 Å². The van der Waals surface area contributed by atoms with Gasteiger partial charge < -0.3 is 10.6 Å². The van der Waals surface area contributed by atoms with Crippen LogP contribution in [0.1, 0.15) is 17.3 Å². The highest BCUT2D eigenvalue weighted by Gasteiger charge is 2.10. The average Bonchev–Trinajstić information content (AvgIpc) is 2.60. The molecule has 0 saturated carbocycles. The van der Waals surface area contributed by atoms with Gasteiger partial charge in [-0.25, -0.2) is 5.43 Å². The molecule has 0 fully saturated rings. The smallest absolute Gasteiger partial charge is 0.276 e. The number of aromatic amines is 1. The van der Waals surface area contributed by atoms with Crippen molar-refractivity contribution in [1.82, 2.24) is 20.5 Å². The van der Waals surface area contributed by atoms with Gasteiger partial charge in [0.2, 0.25) is 0 Å². The minimum absolute atomic E-state index is 0.227. The standard InChI is InChI=1S/C8H14N6O/c1-5(14(2)3)11-13-8(15)6-4-10-12-7(6)9/h4H,1-3H3,(H,13,15)(H3,9,10,12)/b11-5+. The summed E-state index contributed by atoms with van der Waals surface area (Å²) >= 11 is 0. The lowest BCUT2D eigenvalue weighted by Gasteiger charge is -2.10. The molecule has 7 heteroatoms. The van der Waals surface area contributed by atoms with E-state index in [0.717, 1.165) is 0 Å². The second kappa shape index (κ2) is 4.45. The van der Waals surface area contributed by atoms with Gasteiger partial charge in [0.15, 0.2) is 0 Å². The zero-order valence-corrected chi connectivity index (χ0v) is 8.90. The molecule has 0 radical (unpaired) electrons. The van der Waals surface area contributed by atoms with Crippen LogP contribution in [0.4, 0.5) is 5.82 Å². The van der Waals surface area contributed by atoms with Crippen LogP contribution >= 0.6 is 0 Å². The summed E-state index contributed by atoms with van der Waals surface area (Å²) < 4.78 is 0. The number of nitrogens with one attached hydrogen (secondary N) is 2. The van der Waals surface area contributed by atoms with Crippen molar-refractivity contribution in [2.75, 3.05) is 19.8 Å². The number of hydrogen-bond donors (Lipinski definition) is 3. The van der Waals surface area contributed by atoms with E-state index in [4.69, 9.17) is 5.73 Å². The third-order valence-electron chi connectivity index (χ3n) is 1.88. The normalized spacial score (nSPS) is 11.3. The van der Waals surface area contributed by atoms with Crippen molar-refractivity contribution < 1.29 is 4.79 Å². The first kappa shape index (κ1) is 11.0. The summed E-state index contributed by atoms with van der Waals surface area (Å²) in [7, 11) is 3.66. The zero-order chi connectivity index (χ0) is 11.4. The molecule has 7 nitrogen and oxygen atoms in total. The molecule has 0 atom stereocenters. The van der Waals surface area contributed by atoms with Gasteiger partial charge >= 0.3 is 0 Å². The molecule has 0 aliphatic heterocycles. The van der Waals surface area contributed by atoms with E-state index in [1.165, 1.54) is 6.20 Å². The van der Waals surface area contributed by atoms with Gasteiger partial charge in [0, 0.05) is 14.1 Å².